The second-order valence-corrected chi connectivity index (χ2v) is 4.03. The summed E-state index contributed by atoms with van der Waals surface area (Å²) in [7, 11) is -4.30. The van der Waals surface area contributed by atoms with Crippen LogP contribution in [0, 0.1) is 0 Å². The molecule has 2 N–H and O–H groups in total. The van der Waals surface area contributed by atoms with E-state index in [4.69, 9.17) is 9.79 Å². The fourth-order valence-corrected chi connectivity index (χ4v) is 1.38. The summed E-state index contributed by atoms with van der Waals surface area (Å²) in [4.78, 5) is 16.8. The molecule has 1 heterocycles. The topological polar surface area (TPSA) is 70.6 Å². The second-order valence-electron chi connectivity index (χ2n) is 2.79. The Labute approximate surface area is 82.2 Å². The Balaban J connectivity index is 2.20. The fourth-order valence-electron chi connectivity index (χ4n) is 1.01. The molecule has 0 atom stereocenters. The van der Waals surface area contributed by atoms with Crippen molar-refractivity contribution < 1.29 is 23.4 Å². The van der Waals surface area contributed by atoms with Gasteiger partial charge in [0.15, 0.2) is 18.9 Å². The van der Waals surface area contributed by atoms with Crippen LogP contribution in [0.1, 0.15) is 6.42 Å². The summed E-state index contributed by atoms with van der Waals surface area (Å²) in [6.07, 6.45) is 4.34. The minimum absolute atomic E-state index is 0.0617. The first-order valence-corrected chi connectivity index (χ1v) is 5.75. The molecule has 6 heteroatoms. The van der Waals surface area contributed by atoms with Crippen molar-refractivity contribution in [3.63, 3.8) is 0 Å². The molecule has 0 radical (unpaired) electrons. The molecule has 0 aromatic carbocycles. The third-order valence-corrected chi connectivity index (χ3v) is 2.12. The summed E-state index contributed by atoms with van der Waals surface area (Å²) in [5, 5.41) is 0. The quantitative estimate of drug-likeness (QED) is 0.428. The van der Waals surface area contributed by atoms with Crippen LogP contribution in [0.2, 0.25) is 0 Å². The van der Waals surface area contributed by atoms with Gasteiger partial charge in [-0.2, -0.15) is 0 Å². The number of aryl methyl sites for hydroxylation is 1. The highest BCUT2D eigenvalue weighted by molar-refractivity contribution is 7.46. The number of hydrogen-bond donors (Lipinski definition) is 2. The van der Waals surface area contributed by atoms with Gasteiger partial charge in [0.1, 0.15) is 0 Å². The maximum absolute atomic E-state index is 10.3. The zero-order valence-electron chi connectivity index (χ0n) is 7.61. The van der Waals surface area contributed by atoms with Crippen LogP contribution in [0.25, 0.3) is 0 Å². The number of aromatic nitrogens is 1. The van der Waals surface area contributed by atoms with E-state index in [-0.39, 0.29) is 6.61 Å². The van der Waals surface area contributed by atoms with E-state index >= 15 is 0 Å². The molecule has 78 valence electrons. The number of phosphoric ester groups is 1. The van der Waals surface area contributed by atoms with Crippen LogP contribution >= 0.6 is 7.82 Å². The highest BCUT2D eigenvalue weighted by Gasteiger charge is 2.13. The Kier molecular flexibility index (Phi) is 4.22. The van der Waals surface area contributed by atoms with Gasteiger partial charge in [0.05, 0.1) is 6.61 Å². The molecule has 0 saturated heterocycles. The summed E-state index contributed by atoms with van der Waals surface area (Å²) in [6.45, 7) is 0.743. The first-order valence-electron chi connectivity index (χ1n) is 4.22. The maximum Gasteiger partial charge on any atom is 0.469 e. The molecule has 0 aliphatic carbocycles. The predicted molar refractivity (Wildman–Crippen MR) is 49.3 cm³/mol. The molecule has 0 fully saturated rings. The van der Waals surface area contributed by atoms with Crippen molar-refractivity contribution in [1.82, 2.24) is 0 Å². The van der Waals surface area contributed by atoms with E-state index < -0.39 is 7.82 Å². The zero-order chi connectivity index (χ0) is 10.4. The van der Waals surface area contributed by atoms with Crippen molar-refractivity contribution >= 4 is 7.82 Å². The zero-order valence-corrected chi connectivity index (χ0v) is 8.51. The number of pyridine rings is 1. The van der Waals surface area contributed by atoms with E-state index in [1.165, 1.54) is 0 Å². The Hall–Kier alpha value is -0.740. The average Bonchev–Trinajstić information content (AvgIpc) is 2.13. The van der Waals surface area contributed by atoms with Gasteiger partial charge < -0.3 is 9.79 Å². The molecule has 1 aromatic rings. The van der Waals surface area contributed by atoms with E-state index in [1.807, 2.05) is 35.2 Å². The van der Waals surface area contributed by atoms with Crippen molar-refractivity contribution in [3.8, 4) is 0 Å². The van der Waals surface area contributed by atoms with Crippen LogP contribution in [-0.2, 0) is 15.6 Å². The highest BCUT2D eigenvalue weighted by atomic mass is 31.2. The standard InChI is InChI=1S/C8H12NO4P/c10-14(11,12)13-8-4-7-9-5-2-1-3-6-9/h1-3,5-6H,4,7-8H2,(H-,10,11,12)/p+1. The van der Waals surface area contributed by atoms with Gasteiger partial charge in [-0.3, -0.25) is 4.52 Å². The maximum atomic E-state index is 10.3. The van der Waals surface area contributed by atoms with E-state index in [0.29, 0.717) is 13.0 Å². The van der Waals surface area contributed by atoms with Crippen molar-refractivity contribution in [1.29, 1.82) is 0 Å². The molecule has 0 bridgehead atoms. The lowest BCUT2D eigenvalue weighted by molar-refractivity contribution is -0.697. The van der Waals surface area contributed by atoms with Crippen LogP contribution in [0.3, 0.4) is 0 Å². The van der Waals surface area contributed by atoms with Crippen molar-refractivity contribution in [3.05, 3.63) is 30.6 Å². The van der Waals surface area contributed by atoms with Gasteiger partial charge in [0, 0.05) is 18.6 Å². The lowest BCUT2D eigenvalue weighted by Crippen LogP contribution is -2.32. The van der Waals surface area contributed by atoms with E-state index in [1.54, 1.807) is 0 Å². The normalized spacial score (nSPS) is 11.6. The molecule has 0 aliphatic rings. The molecular formula is C8H13NO4P+. The molecule has 0 amide bonds. The van der Waals surface area contributed by atoms with Crippen LogP contribution in [0.4, 0.5) is 0 Å². The Morgan fingerprint density at radius 3 is 2.43 bits per heavy atom. The van der Waals surface area contributed by atoms with E-state index in [0.717, 1.165) is 0 Å². The van der Waals surface area contributed by atoms with Gasteiger partial charge in [-0.05, 0) is 0 Å². The lowest BCUT2D eigenvalue weighted by Gasteiger charge is -2.02. The number of hydrogen-bond acceptors (Lipinski definition) is 2. The SMILES string of the molecule is O=P(O)(O)OCCC[n+]1ccccc1. The van der Waals surface area contributed by atoms with Crippen LogP contribution in [0.15, 0.2) is 30.6 Å². The van der Waals surface area contributed by atoms with E-state index in [9.17, 15) is 4.57 Å². The van der Waals surface area contributed by atoms with Crippen LogP contribution in [-0.4, -0.2) is 16.4 Å². The summed E-state index contributed by atoms with van der Waals surface area (Å²) in [5.41, 5.74) is 0. The molecule has 5 nitrogen and oxygen atoms in total. The summed E-state index contributed by atoms with van der Waals surface area (Å²) in [5.74, 6) is 0. The molecule has 14 heavy (non-hydrogen) atoms. The second kappa shape index (κ2) is 5.22. The van der Waals surface area contributed by atoms with Gasteiger partial charge in [-0.15, -0.1) is 0 Å². The largest absolute Gasteiger partial charge is 0.469 e. The fraction of sp³-hybridized carbons (Fsp3) is 0.375. The van der Waals surface area contributed by atoms with Crippen LogP contribution < -0.4 is 4.57 Å². The highest BCUT2D eigenvalue weighted by Crippen LogP contribution is 2.35. The third-order valence-electron chi connectivity index (χ3n) is 1.60. The van der Waals surface area contributed by atoms with Gasteiger partial charge >= 0.3 is 7.82 Å². The van der Waals surface area contributed by atoms with Crippen molar-refractivity contribution in [2.24, 2.45) is 0 Å². The molecule has 1 rings (SSSR count). The Morgan fingerprint density at radius 1 is 1.21 bits per heavy atom. The minimum Gasteiger partial charge on any atom is -0.303 e. The number of nitrogens with zero attached hydrogens (tertiary/aromatic N) is 1. The minimum atomic E-state index is -4.30. The molecule has 1 aromatic heterocycles. The Bertz CT molecular complexity index is 310. The average molecular weight is 218 g/mol. The summed E-state index contributed by atoms with van der Waals surface area (Å²) >= 11 is 0. The molecule has 0 unspecified atom stereocenters. The third kappa shape index (κ3) is 5.09. The van der Waals surface area contributed by atoms with Gasteiger partial charge in [-0.1, -0.05) is 6.07 Å². The summed E-state index contributed by atoms with van der Waals surface area (Å²) < 4.78 is 16.5. The summed E-state index contributed by atoms with van der Waals surface area (Å²) in [6, 6.07) is 5.69. The predicted octanol–water partition coefficient (Wildman–Crippen LogP) is 0.474. The number of rotatable bonds is 5. The van der Waals surface area contributed by atoms with Crippen molar-refractivity contribution in [2.45, 2.75) is 13.0 Å². The smallest absolute Gasteiger partial charge is 0.303 e. The lowest BCUT2D eigenvalue weighted by atomic mass is 10.4. The van der Waals surface area contributed by atoms with Gasteiger partial charge in [0.25, 0.3) is 0 Å². The Morgan fingerprint density at radius 2 is 1.86 bits per heavy atom. The van der Waals surface area contributed by atoms with E-state index in [2.05, 4.69) is 4.52 Å². The first-order chi connectivity index (χ1) is 6.58. The monoisotopic (exact) mass is 218 g/mol. The van der Waals surface area contributed by atoms with Crippen molar-refractivity contribution in [2.75, 3.05) is 6.61 Å². The molecular weight excluding hydrogens is 205 g/mol. The molecule has 0 aliphatic heterocycles. The van der Waals surface area contributed by atoms with Crippen LogP contribution in [0.5, 0.6) is 0 Å². The first kappa shape index (κ1) is 11.3. The number of phosphoric acid groups is 1. The molecule has 0 saturated carbocycles. The van der Waals surface area contributed by atoms with Gasteiger partial charge in [-0.25, -0.2) is 9.13 Å². The van der Waals surface area contributed by atoms with Gasteiger partial charge in [0.2, 0.25) is 0 Å². The molecule has 0 spiro atoms.